The van der Waals surface area contributed by atoms with Gasteiger partial charge >= 0.3 is 0 Å². The summed E-state index contributed by atoms with van der Waals surface area (Å²) in [4.78, 5) is 20.3. The first-order valence-corrected chi connectivity index (χ1v) is 5.69. The Bertz CT molecular complexity index is 567. The number of anilines is 1. The second kappa shape index (κ2) is 4.04. The Labute approximate surface area is 97.7 Å². The van der Waals surface area contributed by atoms with E-state index in [9.17, 15) is 4.79 Å². The highest BCUT2D eigenvalue weighted by atomic mass is 16.1. The first-order valence-electron chi connectivity index (χ1n) is 5.69. The molecule has 1 aliphatic heterocycles. The molecule has 0 atom stereocenters. The molecule has 0 aromatic carbocycles. The van der Waals surface area contributed by atoms with E-state index >= 15 is 0 Å². The van der Waals surface area contributed by atoms with Crippen LogP contribution in [-0.4, -0.2) is 33.3 Å². The van der Waals surface area contributed by atoms with Crippen LogP contribution in [0.4, 0.5) is 5.95 Å². The summed E-state index contributed by atoms with van der Waals surface area (Å²) in [6, 6.07) is 3.31. The minimum atomic E-state index is -0.137. The number of nitrogens with one attached hydrogen (secondary N) is 2. The molecule has 1 aliphatic rings. The van der Waals surface area contributed by atoms with Crippen LogP contribution < -0.4 is 10.5 Å². The molecule has 2 aromatic rings. The van der Waals surface area contributed by atoms with E-state index in [1.54, 1.807) is 12.3 Å². The predicted molar refractivity (Wildman–Crippen MR) is 63.9 cm³/mol. The van der Waals surface area contributed by atoms with Crippen molar-refractivity contribution in [3.63, 3.8) is 0 Å². The Kier molecular flexibility index (Phi) is 2.40. The summed E-state index contributed by atoms with van der Waals surface area (Å²) < 4.78 is 0. The van der Waals surface area contributed by atoms with E-state index in [1.165, 1.54) is 18.9 Å². The van der Waals surface area contributed by atoms with Crippen molar-refractivity contribution in [1.29, 1.82) is 0 Å². The molecule has 3 heterocycles. The van der Waals surface area contributed by atoms with Gasteiger partial charge in [-0.3, -0.25) is 9.89 Å². The van der Waals surface area contributed by atoms with Gasteiger partial charge in [0.1, 0.15) is 0 Å². The predicted octanol–water partition coefficient (Wildman–Crippen LogP) is 0.760. The molecule has 0 saturated carbocycles. The maximum atomic E-state index is 11.2. The highest BCUT2D eigenvalue weighted by molar-refractivity contribution is 5.55. The molecule has 6 heteroatoms. The van der Waals surface area contributed by atoms with Gasteiger partial charge in [0, 0.05) is 30.9 Å². The van der Waals surface area contributed by atoms with Crippen LogP contribution in [0.2, 0.25) is 0 Å². The number of hydrogen-bond donors (Lipinski definition) is 2. The summed E-state index contributed by atoms with van der Waals surface area (Å²) in [5.74, 6) is 1.36. The van der Waals surface area contributed by atoms with Crippen LogP contribution in [-0.2, 0) is 0 Å². The van der Waals surface area contributed by atoms with Gasteiger partial charge in [0.05, 0.1) is 0 Å². The zero-order valence-corrected chi connectivity index (χ0v) is 9.31. The Hall–Kier alpha value is -2.11. The van der Waals surface area contributed by atoms with Gasteiger partial charge in [-0.25, -0.2) is 0 Å². The van der Waals surface area contributed by atoms with E-state index in [4.69, 9.17) is 0 Å². The number of H-pyrrole nitrogens is 2. The zero-order valence-electron chi connectivity index (χ0n) is 9.31. The first-order chi connectivity index (χ1) is 8.33. The number of nitrogens with zero attached hydrogens (tertiary/aromatic N) is 3. The molecule has 0 spiro atoms. The van der Waals surface area contributed by atoms with Crippen molar-refractivity contribution in [2.24, 2.45) is 0 Å². The lowest BCUT2D eigenvalue weighted by molar-refractivity contribution is 0.903. The van der Waals surface area contributed by atoms with Gasteiger partial charge < -0.3 is 9.88 Å². The Morgan fingerprint density at radius 2 is 2.12 bits per heavy atom. The van der Waals surface area contributed by atoms with Crippen molar-refractivity contribution in [3.05, 3.63) is 28.7 Å². The van der Waals surface area contributed by atoms with Crippen LogP contribution in [0.15, 0.2) is 23.1 Å². The molecule has 3 rings (SSSR count). The minimum absolute atomic E-state index is 0.137. The van der Waals surface area contributed by atoms with Crippen molar-refractivity contribution < 1.29 is 0 Å². The number of pyridine rings is 1. The quantitative estimate of drug-likeness (QED) is 0.800. The van der Waals surface area contributed by atoms with Crippen LogP contribution in [0.1, 0.15) is 12.8 Å². The summed E-state index contributed by atoms with van der Waals surface area (Å²) in [6.07, 6.45) is 3.99. The van der Waals surface area contributed by atoms with E-state index in [0.29, 0.717) is 5.82 Å². The fourth-order valence-electron chi connectivity index (χ4n) is 2.03. The van der Waals surface area contributed by atoms with Gasteiger partial charge in [0.25, 0.3) is 0 Å². The standard InChI is InChI=1S/C11H13N5O/c17-9-7-8(3-4-12-9)10-13-11(15-14-10)16-5-1-2-6-16/h3-4,7H,1-2,5-6H2,(H,12,17)(H,13,14,15). The second-order valence-corrected chi connectivity index (χ2v) is 4.12. The molecular formula is C11H13N5O. The maximum absolute atomic E-state index is 11.2. The lowest BCUT2D eigenvalue weighted by atomic mass is 10.2. The topological polar surface area (TPSA) is 77.7 Å². The van der Waals surface area contributed by atoms with E-state index in [-0.39, 0.29) is 5.56 Å². The van der Waals surface area contributed by atoms with Crippen molar-refractivity contribution in [3.8, 4) is 11.4 Å². The van der Waals surface area contributed by atoms with Crippen LogP contribution >= 0.6 is 0 Å². The molecule has 0 unspecified atom stereocenters. The van der Waals surface area contributed by atoms with E-state index in [1.807, 2.05) is 0 Å². The molecule has 1 fully saturated rings. The smallest absolute Gasteiger partial charge is 0.248 e. The van der Waals surface area contributed by atoms with Gasteiger partial charge in [-0.15, -0.1) is 5.10 Å². The maximum Gasteiger partial charge on any atom is 0.248 e. The van der Waals surface area contributed by atoms with Gasteiger partial charge in [-0.2, -0.15) is 4.98 Å². The molecule has 88 valence electrons. The third-order valence-corrected chi connectivity index (χ3v) is 2.91. The molecule has 0 radical (unpaired) electrons. The largest absolute Gasteiger partial charge is 0.340 e. The van der Waals surface area contributed by atoms with E-state index in [0.717, 1.165) is 24.6 Å². The molecule has 6 nitrogen and oxygen atoms in total. The number of aromatic amines is 2. The normalized spacial score (nSPS) is 15.4. The van der Waals surface area contributed by atoms with Crippen LogP contribution in [0.5, 0.6) is 0 Å². The Morgan fingerprint density at radius 3 is 2.88 bits per heavy atom. The summed E-state index contributed by atoms with van der Waals surface area (Å²) in [5, 5.41) is 7.05. The van der Waals surface area contributed by atoms with Crippen molar-refractivity contribution in [2.45, 2.75) is 12.8 Å². The summed E-state index contributed by atoms with van der Waals surface area (Å²) in [6.45, 7) is 2.01. The van der Waals surface area contributed by atoms with Crippen LogP contribution in [0.25, 0.3) is 11.4 Å². The molecule has 0 bridgehead atoms. The fraction of sp³-hybridized carbons (Fsp3) is 0.364. The Balaban J connectivity index is 1.91. The van der Waals surface area contributed by atoms with E-state index < -0.39 is 0 Å². The molecule has 0 amide bonds. The van der Waals surface area contributed by atoms with E-state index in [2.05, 4.69) is 25.1 Å². The third-order valence-electron chi connectivity index (χ3n) is 2.91. The highest BCUT2D eigenvalue weighted by Crippen LogP contribution is 2.18. The minimum Gasteiger partial charge on any atom is -0.340 e. The van der Waals surface area contributed by atoms with Crippen molar-refractivity contribution in [2.75, 3.05) is 18.0 Å². The van der Waals surface area contributed by atoms with Gasteiger partial charge in [-0.05, 0) is 18.9 Å². The molecule has 1 saturated heterocycles. The summed E-state index contributed by atoms with van der Waals surface area (Å²) in [5.41, 5.74) is 0.619. The van der Waals surface area contributed by atoms with Crippen molar-refractivity contribution in [1.82, 2.24) is 20.2 Å². The zero-order chi connectivity index (χ0) is 11.7. The van der Waals surface area contributed by atoms with Crippen molar-refractivity contribution >= 4 is 5.95 Å². The molecular weight excluding hydrogens is 218 g/mol. The molecule has 0 aliphatic carbocycles. The first kappa shape index (κ1) is 10.1. The average molecular weight is 231 g/mol. The number of rotatable bonds is 2. The fourth-order valence-corrected chi connectivity index (χ4v) is 2.03. The lowest BCUT2D eigenvalue weighted by Gasteiger charge is -2.10. The van der Waals surface area contributed by atoms with Gasteiger partial charge in [0.2, 0.25) is 11.5 Å². The molecule has 2 aromatic heterocycles. The number of hydrogen-bond acceptors (Lipinski definition) is 4. The monoisotopic (exact) mass is 231 g/mol. The second-order valence-electron chi connectivity index (χ2n) is 4.12. The Morgan fingerprint density at radius 1 is 1.29 bits per heavy atom. The van der Waals surface area contributed by atoms with Crippen LogP contribution in [0, 0.1) is 0 Å². The lowest BCUT2D eigenvalue weighted by Crippen LogP contribution is -2.18. The SMILES string of the molecule is O=c1cc(-c2nc(N3CCCC3)n[nH]2)cc[nH]1. The highest BCUT2D eigenvalue weighted by Gasteiger charge is 2.16. The third kappa shape index (κ3) is 1.93. The number of aromatic nitrogens is 4. The molecule has 17 heavy (non-hydrogen) atoms. The summed E-state index contributed by atoms with van der Waals surface area (Å²) in [7, 11) is 0. The average Bonchev–Trinajstić information content (AvgIpc) is 3.00. The van der Waals surface area contributed by atoms with Gasteiger partial charge in [0.15, 0.2) is 5.82 Å². The van der Waals surface area contributed by atoms with Gasteiger partial charge in [-0.1, -0.05) is 0 Å². The summed E-state index contributed by atoms with van der Waals surface area (Å²) >= 11 is 0. The van der Waals surface area contributed by atoms with Crippen LogP contribution in [0.3, 0.4) is 0 Å². The molecule has 2 N–H and O–H groups in total.